The molecule has 2 aliphatic rings. The Bertz CT molecular complexity index is 831. The largest absolute Gasteiger partial charge is 0.393 e. The average molecular weight is 465 g/mol. The minimum Gasteiger partial charge on any atom is -0.393 e. The van der Waals surface area contributed by atoms with E-state index in [-0.39, 0.29) is 29.6 Å². The molecular formula is C25H37ClN2O4. The van der Waals surface area contributed by atoms with Crippen molar-refractivity contribution >= 4 is 23.4 Å². The third kappa shape index (κ3) is 4.82. The Kier molecular flexibility index (Phi) is 7.28. The number of benzene rings is 1. The molecule has 5 atom stereocenters. The van der Waals surface area contributed by atoms with Crippen LogP contribution in [0.4, 0.5) is 0 Å². The number of likely N-dealkylation sites (tertiary alicyclic amines) is 1. The van der Waals surface area contributed by atoms with Gasteiger partial charge in [0, 0.05) is 29.4 Å². The van der Waals surface area contributed by atoms with E-state index in [1.54, 1.807) is 17.0 Å². The molecule has 178 valence electrons. The summed E-state index contributed by atoms with van der Waals surface area (Å²) in [7, 11) is 0. The second kappa shape index (κ2) is 9.32. The Morgan fingerprint density at radius 1 is 1.19 bits per heavy atom. The molecule has 1 saturated carbocycles. The van der Waals surface area contributed by atoms with Crippen molar-refractivity contribution in [3.63, 3.8) is 0 Å². The highest BCUT2D eigenvalue weighted by Crippen LogP contribution is 2.46. The summed E-state index contributed by atoms with van der Waals surface area (Å²) in [6.45, 7) is 10.5. The van der Waals surface area contributed by atoms with Crippen LogP contribution in [0.3, 0.4) is 0 Å². The van der Waals surface area contributed by atoms with Gasteiger partial charge in [0.05, 0.1) is 11.7 Å². The van der Waals surface area contributed by atoms with E-state index in [1.807, 2.05) is 46.8 Å². The molecule has 1 heterocycles. The maximum atomic E-state index is 13.5. The second-order valence-corrected chi connectivity index (χ2v) is 11.1. The predicted molar refractivity (Wildman–Crippen MR) is 125 cm³/mol. The van der Waals surface area contributed by atoms with Gasteiger partial charge in [0.15, 0.2) is 0 Å². The number of carbonyl (C=O) groups is 2. The molecule has 6 nitrogen and oxygen atoms in total. The van der Waals surface area contributed by atoms with Gasteiger partial charge in [-0.1, -0.05) is 58.4 Å². The number of nitrogens with zero attached hydrogens (tertiary/aromatic N) is 1. The molecular weight excluding hydrogens is 428 g/mol. The van der Waals surface area contributed by atoms with Gasteiger partial charge in [0.2, 0.25) is 11.8 Å². The number of aliphatic hydroxyl groups excluding tert-OH is 1. The first-order valence-corrected chi connectivity index (χ1v) is 12.0. The topological polar surface area (TPSA) is 89.9 Å². The fraction of sp³-hybridized carbons (Fsp3) is 0.680. The van der Waals surface area contributed by atoms with E-state index in [0.29, 0.717) is 37.4 Å². The fourth-order valence-electron chi connectivity index (χ4n) is 5.19. The maximum absolute atomic E-state index is 13.5. The van der Waals surface area contributed by atoms with E-state index in [2.05, 4.69) is 5.32 Å². The number of halogens is 1. The van der Waals surface area contributed by atoms with Crippen LogP contribution in [0.5, 0.6) is 0 Å². The van der Waals surface area contributed by atoms with Crippen molar-refractivity contribution in [2.45, 2.75) is 71.6 Å². The number of hydrogen-bond donors (Lipinski definition) is 3. The van der Waals surface area contributed by atoms with Gasteiger partial charge in [0.25, 0.3) is 0 Å². The molecule has 7 heteroatoms. The smallest absolute Gasteiger partial charge is 0.245 e. The normalized spacial score (nSPS) is 30.9. The monoisotopic (exact) mass is 464 g/mol. The van der Waals surface area contributed by atoms with Crippen molar-refractivity contribution in [3.8, 4) is 0 Å². The molecule has 0 radical (unpaired) electrons. The Labute approximate surface area is 196 Å². The lowest BCUT2D eigenvalue weighted by molar-refractivity contribution is -0.157. The van der Waals surface area contributed by atoms with Crippen molar-refractivity contribution in [2.24, 2.45) is 23.2 Å². The second-order valence-electron chi connectivity index (χ2n) is 10.7. The van der Waals surface area contributed by atoms with E-state index in [0.717, 1.165) is 5.56 Å². The lowest BCUT2D eigenvalue weighted by Crippen LogP contribution is -2.60. The fourth-order valence-corrected chi connectivity index (χ4v) is 5.32. The predicted octanol–water partition coefficient (Wildman–Crippen LogP) is 3.33. The summed E-state index contributed by atoms with van der Waals surface area (Å²) < 4.78 is 0. The van der Waals surface area contributed by atoms with Gasteiger partial charge in [-0.05, 0) is 48.8 Å². The van der Waals surface area contributed by atoms with Crippen LogP contribution in [0, 0.1) is 23.2 Å². The zero-order valence-electron chi connectivity index (χ0n) is 19.8. The van der Waals surface area contributed by atoms with Gasteiger partial charge in [-0.2, -0.15) is 0 Å². The van der Waals surface area contributed by atoms with Crippen LogP contribution in [0.15, 0.2) is 24.3 Å². The van der Waals surface area contributed by atoms with Gasteiger partial charge < -0.3 is 20.4 Å². The lowest BCUT2D eigenvalue weighted by atomic mass is 9.66. The van der Waals surface area contributed by atoms with E-state index < -0.39 is 23.2 Å². The Balaban J connectivity index is 1.72. The molecule has 2 fully saturated rings. The number of rotatable bonds is 5. The molecule has 3 N–H and O–H groups in total. The number of hydrogen-bond acceptors (Lipinski definition) is 4. The molecule has 0 spiro atoms. The summed E-state index contributed by atoms with van der Waals surface area (Å²) >= 11 is 6.02. The van der Waals surface area contributed by atoms with Gasteiger partial charge in [0.1, 0.15) is 6.04 Å². The Hall–Kier alpha value is -1.63. The van der Waals surface area contributed by atoms with Crippen molar-refractivity contribution < 1.29 is 19.8 Å². The van der Waals surface area contributed by atoms with Crippen molar-refractivity contribution in [1.82, 2.24) is 10.2 Å². The first-order valence-electron chi connectivity index (χ1n) is 11.6. The number of aliphatic hydroxyl groups is 2. The molecule has 1 aromatic carbocycles. The van der Waals surface area contributed by atoms with Gasteiger partial charge >= 0.3 is 0 Å². The Morgan fingerprint density at radius 3 is 2.31 bits per heavy atom. The third-order valence-electron chi connectivity index (χ3n) is 7.52. The highest BCUT2D eigenvalue weighted by molar-refractivity contribution is 6.30. The first-order chi connectivity index (χ1) is 14.9. The number of piperidine rings is 1. The van der Waals surface area contributed by atoms with Crippen molar-refractivity contribution in [3.05, 3.63) is 34.9 Å². The van der Waals surface area contributed by atoms with Gasteiger partial charge in [-0.3, -0.25) is 9.59 Å². The van der Waals surface area contributed by atoms with Gasteiger partial charge in [-0.15, -0.1) is 0 Å². The SMILES string of the molecule is CC(C)[C@@H](NC(=O)C1C[C@@H](C)[C@H](O)C1)C(=O)N1CC[C@](O)(c2ccc(Cl)cc2)C(C)(C)C1. The molecule has 1 aromatic rings. The van der Waals surface area contributed by atoms with Crippen molar-refractivity contribution in [2.75, 3.05) is 13.1 Å². The van der Waals surface area contributed by atoms with Crippen LogP contribution in [-0.4, -0.2) is 52.2 Å². The van der Waals surface area contributed by atoms with Crippen LogP contribution < -0.4 is 5.32 Å². The summed E-state index contributed by atoms with van der Waals surface area (Å²) in [6.07, 6.45) is 1.01. The number of amides is 2. The summed E-state index contributed by atoms with van der Waals surface area (Å²) in [4.78, 5) is 28.1. The third-order valence-corrected chi connectivity index (χ3v) is 7.78. The van der Waals surface area contributed by atoms with Crippen LogP contribution in [0.1, 0.15) is 59.4 Å². The number of nitrogens with one attached hydrogen (secondary N) is 1. The summed E-state index contributed by atoms with van der Waals surface area (Å²) in [5.74, 6) is -0.523. The van der Waals surface area contributed by atoms with E-state index in [1.165, 1.54) is 0 Å². The standard InChI is InChI=1S/C25H37ClN2O4/c1-15(2)21(27-22(30)17-12-16(3)20(29)13-17)23(31)28-11-10-25(32,24(4,5)14-28)18-6-8-19(26)9-7-18/h6-9,15-17,20-21,29,32H,10-14H2,1-5H3,(H,27,30)/t16-,17?,20-,21-,25+/m1/s1. The molecule has 1 unspecified atom stereocenters. The van der Waals surface area contributed by atoms with Crippen LogP contribution in [-0.2, 0) is 15.2 Å². The zero-order valence-corrected chi connectivity index (χ0v) is 20.5. The summed E-state index contributed by atoms with van der Waals surface area (Å²) in [5, 5.41) is 25.2. The Morgan fingerprint density at radius 2 is 1.81 bits per heavy atom. The highest BCUT2D eigenvalue weighted by Gasteiger charge is 2.50. The van der Waals surface area contributed by atoms with Crippen LogP contribution >= 0.6 is 11.6 Å². The van der Waals surface area contributed by atoms with Crippen LogP contribution in [0.2, 0.25) is 5.02 Å². The number of carbonyl (C=O) groups excluding carboxylic acids is 2. The average Bonchev–Trinajstić information content (AvgIpc) is 3.06. The van der Waals surface area contributed by atoms with E-state index >= 15 is 0 Å². The molecule has 2 amide bonds. The minimum absolute atomic E-state index is 0.0737. The molecule has 1 aliphatic carbocycles. The van der Waals surface area contributed by atoms with Crippen molar-refractivity contribution in [1.29, 1.82) is 0 Å². The molecule has 0 aromatic heterocycles. The van der Waals surface area contributed by atoms with E-state index in [4.69, 9.17) is 11.6 Å². The molecule has 3 rings (SSSR count). The van der Waals surface area contributed by atoms with E-state index in [9.17, 15) is 19.8 Å². The van der Waals surface area contributed by atoms with Gasteiger partial charge in [-0.25, -0.2) is 0 Å². The maximum Gasteiger partial charge on any atom is 0.245 e. The molecule has 1 aliphatic heterocycles. The molecule has 1 saturated heterocycles. The summed E-state index contributed by atoms with van der Waals surface area (Å²) in [5.41, 5.74) is -0.881. The quantitative estimate of drug-likeness (QED) is 0.623. The zero-order chi connectivity index (χ0) is 23.8. The first kappa shape index (κ1) is 25.0. The highest BCUT2D eigenvalue weighted by atomic mass is 35.5. The molecule has 32 heavy (non-hydrogen) atoms. The lowest BCUT2D eigenvalue weighted by Gasteiger charge is -2.51. The summed E-state index contributed by atoms with van der Waals surface area (Å²) in [6, 6.07) is 6.60. The molecule has 0 bridgehead atoms. The minimum atomic E-state index is -1.08. The van der Waals surface area contributed by atoms with Crippen LogP contribution in [0.25, 0.3) is 0 Å².